The third-order valence-corrected chi connectivity index (χ3v) is 3.79. The van der Waals surface area contributed by atoms with Crippen LogP contribution in [0.4, 0.5) is 0 Å². The van der Waals surface area contributed by atoms with E-state index >= 15 is 0 Å². The van der Waals surface area contributed by atoms with E-state index in [1.54, 1.807) is 0 Å². The third kappa shape index (κ3) is 1.94. The number of aromatic nitrogens is 3. The Balaban J connectivity index is 1.81. The van der Waals surface area contributed by atoms with Gasteiger partial charge in [0.2, 0.25) is 0 Å². The van der Waals surface area contributed by atoms with Crippen LogP contribution in [0.3, 0.4) is 0 Å². The molecule has 2 aliphatic rings. The first-order valence-electron chi connectivity index (χ1n) is 6.34. The molecule has 1 N–H and O–H groups in total. The smallest absolute Gasteiger partial charge is 0.155 e. The third-order valence-electron chi connectivity index (χ3n) is 3.79. The Hall–Kier alpha value is -1.03. The summed E-state index contributed by atoms with van der Waals surface area (Å²) in [5.41, 5.74) is 1.18. The fourth-order valence-electron chi connectivity index (χ4n) is 2.80. The van der Waals surface area contributed by atoms with Crippen molar-refractivity contribution in [1.29, 1.82) is 0 Å². The molecule has 0 radical (unpaired) electrons. The fourth-order valence-corrected chi connectivity index (χ4v) is 2.80. The SMILES string of the molecule is c1nnc(C2CCNC2)nc1C1CCCC1. The lowest BCUT2D eigenvalue weighted by Gasteiger charge is -2.11. The highest BCUT2D eigenvalue weighted by Crippen LogP contribution is 2.33. The van der Waals surface area contributed by atoms with Gasteiger partial charge in [0.05, 0.1) is 11.9 Å². The number of hydrogen-bond acceptors (Lipinski definition) is 4. The molecule has 1 unspecified atom stereocenters. The van der Waals surface area contributed by atoms with Crippen molar-refractivity contribution in [3.05, 3.63) is 17.7 Å². The summed E-state index contributed by atoms with van der Waals surface area (Å²) >= 11 is 0. The molecule has 2 fully saturated rings. The monoisotopic (exact) mass is 218 g/mol. The summed E-state index contributed by atoms with van der Waals surface area (Å²) in [6.07, 6.45) is 8.25. The van der Waals surface area contributed by atoms with Crippen LogP contribution in [0.15, 0.2) is 6.20 Å². The largest absolute Gasteiger partial charge is 0.316 e. The molecule has 1 saturated heterocycles. The molecule has 3 rings (SSSR count). The van der Waals surface area contributed by atoms with E-state index in [0.29, 0.717) is 11.8 Å². The van der Waals surface area contributed by atoms with Crippen molar-refractivity contribution in [3.8, 4) is 0 Å². The molecule has 0 aromatic carbocycles. The second-order valence-corrected chi connectivity index (χ2v) is 4.91. The van der Waals surface area contributed by atoms with Gasteiger partial charge in [0.15, 0.2) is 5.82 Å². The molecule has 4 heteroatoms. The van der Waals surface area contributed by atoms with E-state index in [1.807, 2.05) is 6.20 Å². The number of rotatable bonds is 2. The van der Waals surface area contributed by atoms with Crippen molar-refractivity contribution in [2.24, 2.45) is 0 Å². The number of hydrogen-bond donors (Lipinski definition) is 1. The zero-order chi connectivity index (χ0) is 10.8. The average molecular weight is 218 g/mol. The summed E-state index contributed by atoms with van der Waals surface area (Å²) in [5.74, 6) is 2.08. The minimum Gasteiger partial charge on any atom is -0.316 e. The standard InChI is InChI=1S/C12H18N4/c1-2-4-9(3-1)11-8-14-16-12(15-11)10-5-6-13-7-10/h8-10,13H,1-7H2. The van der Waals surface area contributed by atoms with Gasteiger partial charge in [-0.05, 0) is 25.8 Å². The highest BCUT2D eigenvalue weighted by molar-refractivity contribution is 5.09. The quantitative estimate of drug-likeness (QED) is 0.819. The summed E-state index contributed by atoms with van der Waals surface area (Å²) in [7, 11) is 0. The highest BCUT2D eigenvalue weighted by Gasteiger charge is 2.23. The number of nitrogens with one attached hydrogen (secondary N) is 1. The molecule has 1 aliphatic carbocycles. The van der Waals surface area contributed by atoms with E-state index in [1.165, 1.54) is 31.4 Å². The van der Waals surface area contributed by atoms with Gasteiger partial charge in [-0.1, -0.05) is 12.8 Å². The van der Waals surface area contributed by atoms with Crippen molar-refractivity contribution in [3.63, 3.8) is 0 Å². The van der Waals surface area contributed by atoms with E-state index in [9.17, 15) is 0 Å². The lowest BCUT2D eigenvalue weighted by Crippen LogP contribution is -2.12. The van der Waals surface area contributed by atoms with Crippen LogP contribution in [0.5, 0.6) is 0 Å². The van der Waals surface area contributed by atoms with Gasteiger partial charge in [-0.3, -0.25) is 0 Å². The van der Waals surface area contributed by atoms with Crippen LogP contribution in [0.2, 0.25) is 0 Å². The maximum Gasteiger partial charge on any atom is 0.155 e. The molecule has 1 aliphatic heterocycles. The Kier molecular flexibility index (Phi) is 2.82. The Bertz CT molecular complexity index is 323. The van der Waals surface area contributed by atoms with Crippen molar-refractivity contribution in [2.75, 3.05) is 13.1 Å². The molecule has 1 aromatic rings. The zero-order valence-electron chi connectivity index (χ0n) is 9.52. The van der Waals surface area contributed by atoms with E-state index in [4.69, 9.17) is 4.98 Å². The fraction of sp³-hybridized carbons (Fsp3) is 0.750. The van der Waals surface area contributed by atoms with E-state index in [-0.39, 0.29) is 0 Å². The Morgan fingerprint density at radius 2 is 2.00 bits per heavy atom. The maximum atomic E-state index is 4.72. The number of nitrogens with zero attached hydrogens (tertiary/aromatic N) is 3. The Morgan fingerprint density at radius 1 is 1.12 bits per heavy atom. The lowest BCUT2D eigenvalue weighted by molar-refractivity contribution is 0.627. The van der Waals surface area contributed by atoms with Crippen molar-refractivity contribution in [2.45, 2.75) is 43.9 Å². The summed E-state index contributed by atoms with van der Waals surface area (Å²) in [6, 6.07) is 0. The summed E-state index contributed by atoms with van der Waals surface area (Å²) < 4.78 is 0. The van der Waals surface area contributed by atoms with Gasteiger partial charge >= 0.3 is 0 Å². The van der Waals surface area contributed by atoms with Crippen molar-refractivity contribution in [1.82, 2.24) is 20.5 Å². The Morgan fingerprint density at radius 3 is 2.75 bits per heavy atom. The van der Waals surface area contributed by atoms with E-state index in [2.05, 4.69) is 15.5 Å². The minimum absolute atomic E-state index is 0.480. The summed E-state index contributed by atoms with van der Waals surface area (Å²) in [6.45, 7) is 2.09. The molecule has 1 atom stereocenters. The van der Waals surface area contributed by atoms with Gasteiger partial charge < -0.3 is 5.32 Å². The molecule has 2 heterocycles. The molecule has 1 aromatic heterocycles. The van der Waals surface area contributed by atoms with Crippen LogP contribution in [-0.2, 0) is 0 Å². The van der Waals surface area contributed by atoms with Gasteiger partial charge in [0.25, 0.3) is 0 Å². The van der Waals surface area contributed by atoms with Crippen LogP contribution in [0, 0.1) is 0 Å². The maximum absolute atomic E-state index is 4.72. The van der Waals surface area contributed by atoms with Crippen LogP contribution in [-0.4, -0.2) is 28.3 Å². The predicted octanol–water partition coefficient (Wildman–Crippen LogP) is 1.61. The first-order chi connectivity index (χ1) is 7.93. The molecule has 16 heavy (non-hydrogen) atoms. The lowest BCUT2D eigenvalue weighted by atomic mass is 10.0. The first-order valence-corrected chi connectivity index (χ1v) is 6.34. The summed E-state index contributed by atoms with van der Waals surface area (Å²) in [4.78, 5) is 4.72. The second kappa shape index (κ2) is 4.45. The minimum atomic E-state index is 0.480. The second-order valence-electron chi connectivity index (χ2n) is 4.91. The van der Waals surface area contributed by atoms with Gasteiger partial charge in [-0.25, -0.2) is 4.98 Å². The zero-order valence-corrected chi connectivity index (χ0v) is 9.52. The van der Waals surface area contributed by atoms with Gasteiger partial charge in [-0.2, -0.15) is 5.10 Å². The first kappa shape index (κ1) is 10.1. The molecular formula is C12H18N4. The van der Waals surface area contributed by atoms with Crippen LogP contribution in [0.1, 0.15) is 55.5 Å². The highest BCUT2D eigenvalue weighted by atomic mass is 15.2. The van der Waals surface area contributed by atoms with E-state index < -0.39 is 0 Å². The predicted molar refractivity (Wildman–Crippen MR) is 61.3 cm³/mol. The van der Waals surface area contributed by atoms with Gasteiger partial charge in [0.1, 0.15) is 0 Å². The van der Waals surface area contributed by atoms with E-state index in [0.717, 1.165) is 25.3 Å². The van der Waals surface area contributed by atoms with Gasteiger partial charge in [0, 0.05) is 18.4 Å². The molecular weight excluding hydrogens is 200 g/mol. The normalized spacial score (nSPS) is 26.4. The van der Waals surface area contributed by atoms with Crippen molar-refractivity contribution >= 4 is 0 Å². The molecule has 86 valence electrons. The molecule has 0 bridgehead atoms. The molecule has 1 saturated carbocycles. The summed E-state index contributed by atoms with van der Waals surface area (Å²) in [5, 5.41) is 11.7. The van der Waals surface area contributed by atoms with Gasteiger partial charge in [-0.15, -0.1) is 5.10 Å². The van der Waals surface area contributed by atoms with Crippen LogP contribution >= 0.6 is 0 Å². The molecule has 4 nitrogen and oxygen atoms in total. The average Bonchev–Trinajstić information content (AvgIpc) is 3.03. The Labute approximate surface area is 95.9 Å². The van der Waals surface area contributed by atoms with Crippen LogP contribution < -0.4 is 5.32 Å². The van der Waals surface area contributed by atoms with Crippen molar-refractivity contribution < 1.29 is 0 Å². The van der Waals surface area contributed by atoms with Crippen LogP contribution in [0.25, 0.3) is 0 Å². The topological polar surface area (TPSA) is 50.7 Å². The molecule has 0 amide bonds. The molecule has 0 spiro atoms.